The second-order valence-corrected chi connectivity index (χ2v) is 6.44. The van der Waals surface area contributed by atoms with Gasteiger partial charge in [-0.25, -0.2) is 0 Å². The molecule has 4 heteroatoms. The third kappa shape index (κ3) is 3.33. The second-order valence-electron chi connectivity index (χ2n) is 6.44. The van der Waals surface area contributed by atoms with Crippen LogP contribution in [0.5, 0.6) is 0 Å². The largest absolute Gasteiger partial charge is 0.342 e. The predicted molar refractivity (Wildman–Crippen MR) is 79.2 cm³/mol. The molecule has 20 heavy (non-hydrogen) atoms. The normalized spacial score (nSPS) is 28.4. The Hall–Kier alpha value is -1.06. The number of rotatable bonds is 7. The van der Waals surface area contributed by atoms with Crippen LogP contribution in [0.15, 0.2) is 0 Å². The van der Waals surface area contributed by atoms with Crippen molar-refractivity contribution < 1.29 is 9.59 Å². The zero-order valence-corrected chi connectivity index (χ0v) is 13.0. The van der Waals surface area contributed by atoms with Crippen LogP contribution in [-0.2, 0) is 9.59 Å². The highest BCUT2D eigenvalue weighted by Gasteiger charge is 2.46. The quantitative estimate of drug-likeness (QED) is 0.728. The Labute approximate surface area is 122 Å². The number of hydrogen-bond donors (Lipinski definition) is 1. The average molecular weight is 280 g/mol. The zero-order chi connectivity index (χ0) is 14.7. The van der Waals surface area contributed by atoms with Crippen LogP contribution in [-0.4, -0.2) is 34.8 Å². The molecule has 1 heterocycles. The number of hydrogen-bond acceptors (Lipinski definition) is 2. The molecule has 0 radical (unpaired) electrons. The number of unbranched alkanes of at least 4 members (excludes halogenated alkanes) is 3. The van der Waals surface area contributed by atoms with Crippen LogP contribution in [0.2, 0.25) is 0 Å². The van der Waals surface area contributed by atoms with Crippen molar-refractivity contribution in [2.45, 2.75) is 83.8 Å². The molecule has 0 spiro atoms. The highest BCUT2D eigenvalue weighted by atomic mass is 16.2. The fraction of sp³-hybridized carbons (Fsp3) is 0.875. The van der Waals surface area contributed by atoms with Gasteiger partial charge in [-0.3, -0.25) is 9.59 Å². The standard InChI is InChI=1S/C16H28N2O2/c1-4-5-6-7-8-11(2)18-12(3)15(19)17-14(16(18)20)13-9-10-13/h11-14H,4-10H2,1-3H3,(H,17,19). The lowest BCUT2D eigenvalue weighted by Crippen LogP contribution is -2.65. The molecule has 0 aromatic rings. The van der Waals surface area contributed by atoms with Gasteiger partial charge < -0.3 is 10.2 Å². The van der Waals surface area contributed by atoms with E-state index >= 15 is 0 Å². The van der Waals surface area contributed by atoms with Gasteiger partial charge in [-0.05, 0) is 39.0 Å². The first-order chi connectivity index (χ1) is 9.56. The molecule has 4 nitrogen and oxygen atoms in total. The summed E-state index contributed by atoms with van der Waals surface area (Å²) >= 11 is 0. The van der Waals surface area contributed by atoms with Crippen molar-refractivity contribution in [3.63, 3.8) is 0 Å². The summed E-state index contributed by atoms with van der Waals surface area (Å²) < 4.78 is 0. The molecule has 2 fully saturated rings. The number of piperazine rings is 1. The molecular weight excluding hydrogens is 252 g/mol. The molecule has 2 rings (SSSR count). The van der Waals surface area contributed by atoms with Gasteiger partial charge in [0.25, 0.3) is 0 Å². The molecule has 1 saturated heterocycles. The van der Waals surface area contributed by atoms with Gasteiger partial charge in [0.05, 0.1) is 0 Å². The van der Waals surface area contributed by atoms with E-state index in [1.54, 1.807) is 0 Å². The maximum absolute atomic E-state index is 12.6. The van der Waals surface area contributed by atoms with Gasteiger partial charge >= 0.3 is 0 Å². The van der Waals surface area contributed by atoms with Gasteiger partial charge in [-0.1, -0.05) is 32.6 Å². The van der Waals surface area contributed by atoms with Crippen molar-refractivity contribution in [1.29, 1.82) is 0 Å². The van der Waals surface area contributed by atoms with Crippen molar-refractivity contribution in [3.8, 4) is 0 Å². The molecule has 0 bridgehead atoms. The monoisotopic (exact) mass is 280 g/mol. The van der Waals surface area contributed by atoms with Crippen LogP contribution in [0.4, 0.5) is 0 Å². The molecular formula is C16H28N2O2. The summed E-state index contributed by atoms with van der Waals surface area (Å²) in [5.74, 6) is 0.540. The lowest BCUT2D eigenvalue weighted by Gasteiger charge is -2.41. The molecule has 0 aromatic carbocycles. The molecule has 3 unspecified atom stereocenters. The lowest BCUT2D eigenvalue weighted by molar-refractivity contribution is -0.151. The summed E-state index contributed by atoms with van der Waals surface area (Å²) in [5, 5.41) is 2.91. The highest BCUT2D eigenvalue weighted by molar-refractivity contribution is 5.97. The number of nitrogens with zero attached hydrogens (tertiary/aromatic N) is 1. The van der Waals surface area contributed by atoms with Gasteiger partial charge in [-0.15, -0.1) is 0 Å². The van der Waals surface area contributed by atoms with E-state index in [0.717, 1.165) is 25.7 Å². The Balaban J connectivity index is 1.95. The Morgan fingerprint density at radius 2 is 1.95 bits per heavy atom. The first-order valence-corrected chi connectivity index (χ1v) is 8.18. The minimum Gasteiger partial charge on any atom is -0.342 e. The number of carbonyl (C=O) groups excluding carboxylic acids is 2. The summed E-state index contributed by atoms with van der Waals surface area (Å²) in [5.41, 5.74) is 0. The van der Waals surface area contributed by atoms with Crippen LogP contribution >= 0.6 is 0 Å². The minimum absolute atomic E-state index is 0.0157. The minimum atomic E-state index is -0.321. The topological polar surface area (TPSA) is 49.4 Å². The Bertz CT molecular complexity index is 365. The Kier molecular flexibility index (Phi) is 5.06. The molecule has 114 valence electrons. The van der Waals surface area contributed by atoms with Gasteiger partial charge in [-0.2, -0.15) is 0 Å². The first kappa shape index (κ1) is 15.3. The van der Waals surface area contributed by atoms with Crippen molar-refractivity contribution in [2.24, 2.45) is 5.92 Å². The predicted octanol–water partition coefficient (Wildman–Crippen LogP) is 2.47. The fourth-order valence-corrected chi connectivity index (χ4v) is 3.17. The maximum Gasteiger partial charge on any atom is 0.246 e. The summed E-state index contributed by atoms with van der Waals surface area (Å²) in [6.45, 7) is 6.13. The molecule has 0 aromatic heterocycles. The van der Waals surface area contributed by atoms with E-state index in [9.17, 15) is 9.59 Å². The van der Waals surface area contributed by atoms with Gasteiger partial charge in [0, 0.05) is 6.04 Å². The van der Waals surface area contributed by atoms with E-state index in [0.29, 0.717) is 5.92 Å². The third-order valence-electron chi connectivity index (χ3n) is 4.66. The number of amides is 2. The van der Waals surface area contributed by atoms with Gasteiger partial charge in [0.1, 0.15) is 12.1 Å². The van der Waals surface area contributed by atoms with Crippen LogP contribution in [0, 0.1) is 5.92 Å². The summed E-state index contributed by atoms with van der Waals surface area (Å²) in [6.07, 6.45) is 7.98. The maximum atomic E-state index is 12.6. The van der Waals surface area contributed by atoms with Crippen molar-refractivity contribution >= 4 is 11.8 Å². The highest BCUT2D eigenvalue weighted by Crippen LogP contribution is 2.35. The Morgan fingerprint density at radius 3 is 2.55 bits per heavy atom. The number of nitrogens with one attached hydrogen (secondary N) is 1. The summed E-state index contributed by atoms with van der Waals surface area (Å²) in [4.78, 5) is 26.5. The second kappa shape index (κ2) is 6.59. The van der Waals surface area contributed by atoms with E-state index < -0.39 is 0 Å². The van der Waals surface area contributed by atoms with Crippen molar-refractivity contribution in [3.05, 3.63) is 0 Å². The molecule has 1 saturated carbocycles. The van der Waals surface area contributed by atoms with Gasteiger partial charge in [0.2, 0.25) is 11.8 Å². The van der Waals surface area contributed by atoms with E-state index in [1.807, 2.05) is 11.8 Å². The fourth-order valence-electron chi connectivity index (χ4n) is 3.17. The van der Waals surface area contributed by atoms with Crippen LogP contribution in [0.1, 0.15) is 65.7 Å². The van der Waals surface area contributed by atoms with Crippen LogP contribution in [0.25, 0.3) is 0 Å². The van der Waals surface area contributed by atoms with Crippen LogP contribution < -0.4 is 5.32 Å². The molecule has 3 atom stereocenters. The van der Waals surface area contributed by atoms with Gasteiger partial charge in [0.15, 0.2) is 0 Å². The average Bonchev–Trinajstić information content (AvgIpc) is 3.23. The molecule has 2 aliphatic rings. The SMILES string of the molecule is CCCCCCC(C)N1C(=O)C(C2CC2)NC(=O)C1C. The third-order valence-corrected chi connectivity index (χ3v) is 4.66. The van der Waals surface area contributed by atoms with E-state index in [2.05, 4.69) is 19.2 Å². The molecule has 1 N–H and O–H groups in total. The number of carbonyl (C=O) groups is 2. The summed E-state index contributed by atoms with van der Waals surface area (Å²) in [7, 11) is 0. The van der Waals surface area contributed by atoms with Crippen molar-refractivity contribution in [2.75, 3.05) is 0 Å². The van der Waals surface area contributed by atoms with E-state index in [1.165, 1.54) is 19.3 Å². The van der Waals surface area contributed by atoms with E-state index in [-0.39, 0.29) is 29.9 Å². The smallest absolute Gasteiger partial charge is 0.246 e. The Morgan fingerprint density at radius 1 is 1.25 bits per heavy atom. The van der Waals surface area contributed by atoms with E-state index in [4.69, 9.17) is 0 Å². The first-order valence-electron chi connectivity index (χ1n) is 8.18. The molecule has 1 aliphatic carbocycles. The van der Waals surface area contributed by atoms with Crippen LogP contribution in [0.3, 0.4) is 0 Å². The molecule has 1 aliphatic heterocycles. The molecule has 2 amide bonds. The summed E-state index contributed by atoms with van der Waals surface area (Å²) in [6, 6.07) is -0.405. The zero-order valence-electron chi connectivity index (χ0n) is 13.0. The lowest BCUT2D eigenvalue weighted by atomic mass is 9.99. The van der Waals surface area contributed by atoms with Crippen molar-refractivity contribution in [1.82, 2.24) is 10.2 Å².